The van der Waals surface area contributed by atoms with Gasteiger partial charge < -0.3 is 24.6 Å². The van der Waals surface area contributed by atoms with Crippen LogP contribution in [0.25, 0.3) is 10.9 Å². The Labute approximate surface area is 158 Å². The van der Waals surface area contributed by atoms with Gasteiger partial charge in [-0.3, -0.25) is 9.88 Å². The van der Waals surface area contributed by atoms with Crippen molar-refractivity contribution in [1.29, 1.82) is 0 Å². The van der Waals surface area contributed by atoms with E-state index in [0.29, 0.717) is 26.4 Å². The van der Waals surface area contributed by atoms with Gasteiger partial charge in [0.2, 0.25) is 0 Å². The van der Waals surface area contributed by atoms with Gasteiger partial charge in [-0.25, -0.2) is 0 Å². The lowest BCUT2D eigenvalue weighted by atomic mass is 9.94. The molecule has 0 aliphatic carbocycles. The highest BCUT2D eigenvalue weighted by Gasteiger charge is 2.52. The molecule has 5 atom stereocenters. The molecule has 3 saturated heterocycles. The molecule has 0 amide bonds. The summed E-state index contributed by atoms with van der Waals surface area (Å²) in [5, 5.41) is 15.7. The molecule has 0 saturated carbocycles. The van der Waals surface area contributed by atoms with Crippen LogP contribution < -0.4 is 5.32 Å². The van der Waals surface area contributed by atoms with Gasteiger partial charge in [0.1, 0.15) is 6.10 Å². The highest BCUT2D eigenvalue weighted by atomic mass is 16.7. The minimum absolute atomic E-state index is 0.129. The number of fused-ring (bicyclic) bond motifs is 3. The highest BCUT2D eigenvalue weighted by Crippen LogP contribution is 2.32. The number of para-hydroxylation sites is 1. The number of aromatic nitrogens is 1. The molecule has 3 aliphatic rings. The number of nitrogens with one attached hydrogen (secondary N) is 1. The number of hydrogen-bond acceptors (Lipinski definition) is 7. The third kappa shape index (κ3) is 3.35. The Bertz CT molecular complexity index is 798. The number of morpholine rings is 1. The maximum Gasteiger partial charge on any atom is 0.176 e. The first kappa shape index (κ1) is 17.5. The molecule has 7 heteroatoms. The lowest BCUT2D eigenvalue weighted by Gasteiger charge is -2.45. The number of aliphatic hydroxyl groups excluding tert-OH is 1. The summed E-state index contributed by atoms with van der Waals surface area (Å²) in [5.74, 6) is 0. The van der Waals surface area contributed by atoms with Gasteiger partial charge in [0.25, 0.3) is 0 Å². The van der Waals surface area contributed by atoms with Gasteiger partial charge in [-0.2, -0.15) is 0 Å². The minimum Gasteiger partial charge on any atom is -0.390 e. The average Bonchev–Trinajstić information content (AvgIpc) is 3.13. The Kier molecular flexibility index (Phi) is 4.81. The summed E-state index contributed by atoms with van der Waals surface area (Å²) >= 11 is 0. The van der Waals surface area contributed by atoms with Crippen LogP contribution in [0.4, 0.5) is 0 Å². The van der Waals surface area contributed by atoms with E-state index in [1.54, 1.807) is 0 Å². The van der Waals surface area contributed by atoms with Crippen LogP contribution in [0.15, 0.2) is 36.5 Å². The molecule has 4 heterocycles. The second-order valence-corrected chi connectivity index (χ2v) is 7.45. The van der Waals surface area contributed by atoms with Crippen LogP contribution in [-0.4, -0.2) is 78.5 Å². The van der Waals surface area contributed by atoms with Crippen molar-refractivity contribution < 1.29 is 19.3 Å². The average molecular weight is 371 g/mol. The molecule has 0 radical (unpaired) electrons. The van der Waals surface area contributed by atoms with E-state index in [-0.39, 0.29) is 24.5 Å². The van der Waals surface area contributed by atoms with Crippen LogP contribution in [-0.2, 0) is 20.8 Å². The second-order valence-electron chi connectivity index (χ2n) is 7.45. The first-order chi connectivity index (χ1) is 13.3. The Hall–Kier alpha value is -1.61. The Morgan fingerprint density at radius 1 is 1.22 bits per heavy atom. The van der Waals surface area contributed by atoms with E-state index in [0.717, 1.165) is 29.6 Å². The maximum atomic E-state index is 11.1. The van der Waals surface area contributed by atoms with E-state index in [9.17, 15) is 5.11 Å². The van der Waals surface area contributed by atoms with E-state index in [1.165, 1.54) is 0 Å². The van der Waals surface area contributed by atoms with Gasteiger partial charge in [0.15, 0.2) is 6.29 Å². The SMILES string of the molecule is O[C@H]1[C@@H](NCc2cnc3ccccc3c2)[C@@H]2CO[C@H](O2)[C@@H]1N1CCOCC1. The van der Waals surface area contributed by atoms with Crippen LogP contribution in [0.5, 0.6) is 0 Å². The van der Waals surface area contributed by atoms with Crippen LogP contribution in [0, 0.1) is 0 Å². The molecule has 1 aromatic heterocycles. The number of benzene rings is 1. The smallest absolute Gasteiger partial charge is 0.176 e. The maximum absolute atomic E-state index is 11.1. The lowest BCUT2D eigenvalue weighted by molar-refractivity contribution is -0.191. The third-order valence-corrected chi connectivity index (χ3v) is 5.79. The van der Waals surface area contributed by atoms with Crippen molar-refractivity contribution in [2.45, 2.75) is 37.1 Å². The molecule has 3 fully saturated rings. The highest BCUT2D eigenvalue weighted by molar-refractivity contribution is 5.78. The van der Waals surface area contributed by atoms with Crippen molar-refractivity contribution in [2.75, 3.05) is 32.9 Å². The van der Waals surface area contributed by atoms with Crippen molar-refractivity contribution in [3.63, 3.8) is 0 Å². The zero-order chi connectivity index (χ0) is 18.2. The Morgan fingerprint density at radius 3 is 2.96 bits per heavy atom. The first-order valence-corrected chi connectivity index (χ1v) is 9.63. The van der Waals surface area contributed by atoms with Crippen LogP contribution in [0.3, 0.4) is 0 Å². The van der Waals surface area contributed by atoms with Gasteiger partial charge in [-0.1, -0.05) is 18.2 Å². The van der Waals surface area contributed by atoms with Gasteiger partial charge >= 0.3 is 0 Å². The number of hydrogen-bond donors (Lipinski definition) is 2. The number of rotatable bonds is 4. The molecule has 0 spiro atoms. The molecule has 2 bridgehead atoms. The number of ether oxygens (including phenoxy) is 3. The Balaban J connectivity index is 1.31. The summed E-state index contributed by atoms with van der Waals surface area (Å²) in [4.78, 5) is 6.75. The van der Waals surface area contributed by atoms with Crippen molar-refractivity contribution >= 4 is 10.9 Å². The standard InChI is InChI=1S/C20H25N3O4/c24-19-17(22-11-13-9-14-3-1-2-4-15(14)21-10-13)16-12-26-20(27-16)18(19)23-5-7-25-8-6-23/h1-4,9-10,16-20,22,24H,5-8,11-12H2/t16-,17-,18+,19-,20+/m0/s1. The molecule has 2 N–H and O–H groups in total. The second kappa shape index (κ2) is 7.43. The fourth-order valence-corrected chi connectivity index (χ4v) is 4.37. The Morgan fingerprint density at radius 2 is 2.07 bits per heavy atom. The van der Waals surface area contributed by atoms with Gasteiger partial charge in [-0.15, -0.1) is 0 Å². The predicted molar refractivity (Wildman–Crippen MR) is 99.2 cm³/mol. The first-order valence-electron chi connectivity index (χ1n) is 9.63. The van der Waals surface area contributed by atoms with Gasteiger partial charge in [-0.05, 0) is 17.7 Å². The fraction of sp³-hybridized carbons (Fsp3) is 0.550. The number of pyridine rings is 1. The van der Waals surface area contributed by atoms with E-state index in [4.69, 9.17) is 14.2 Å². The molecule has 5 rings (SSSR count). The van der Waals surface area contributed by atoms with Crippen molar-refractivity contribution in [3.8, 4) is 0 Å². The molecule has 2 aromatic rings. The summed E-state index contributed by atoms with van der Waals surface area (Å²) in [6, 6.07) is 9.87. The summed E-state index contributed by atoms with van der Waals surface area (Å²) < 4.78 is 17.3. The zero-order valence-electron chi connectivity index (χ0n) is 15.2. The van der Waals surface area contributed by atoms with Gasteiger partial charge in [0.05, 0.1) is 43.5 Å². The predicted octanol–water partition coefficient (Wildman–Crippen LogP) is 0.510. The number of aliphatic hydroxyl groups is 1. The van der Waals surface area contributed by atoms with Crippen molar-refractivity contribution in [3.05, 3.63) is 42.1 Å². The monoisotopic (exact) mass is 371 g/mol. The summed E-state index contributed by atoms with van der Waals surface area (Å²) in [6.45, 7) is 4.07. The van der Waals surface area contributed by atoms with Gasteiger partial charge in [0, 0.05) is 31.2 Å². The van der Waals surface area contributed by atoms with Crippen molar-refractivity contribution in [1.82, 2.24) is 15.2 Å². The topological polar surface area (TPSA) is 76.1 Å². The summed E-state index contributed by atoms with van der Waals surface area (Å²) in [7, 11) is 0. The zero-order valence-corrected chi connectivity index (χ0v) is 15.2. The molecular formula is C20H25N3O4. The summed E-state index contributed by atoms with van der Waals surface area (Å²) in [5.41, 5.74) is 2.08. The van der Waals surface area contributed by atoms with E-state index in [1.807, 2.05) is 24.4 Å². The lowest BCUT2D eigenvalue weighted by Crippen LogP contribution is -2.65. The molecule has 3 aliphatic heterocycles. The molecule has 144 valence electrons. The normalized spacial score (nSPS) is 34.2. The van der Waals surface area contributed by atoms with Crippen LogP contribution >= 0.6 is 0 Å². The van der Waals surface area contributed by atoms with E-state index in [2.05, 4.69) is 27.3 Å². The molecular weight excluding hydrogens is 346 g/mol. The van der Waals surface area contributed by atoms with Crippen molar-refractivity contribution in [2.24, 2.45) is 0 Å². The van der Waals surface area contributed by atoms with Crippen LogP contribution in [0.2, 0.25) is 0 Å². The quantitative estimate of drug-likeness (QED) is 0.811. The molecule has 7 nitrogen and oxygen atoms in total. The molecule has 1 aromatic carbocycles. The van der Waals surface area contributed by atoms with E-state index < -0.39 is 6.10 Å². The fourth-order valence-electron chi connectivity index (χ4n) is 4.37. The number of nitrogens with zero attached hydrogens (tertiary/aromatic N) is 2. The minimum atomic E-state index is -0.553. The van der Waals surface area contributed by atoms with E-state index >= 15 is 0 Å². The molecule has 27 heavy (non-hydrogen) atoms. The largest absolute Gasteiger partial charge is 0.390 e. The summed E-state index contributed by atoms with van der Waals surface area (Å²) in [6.07, 6.45) is 0.848. The molecule has 0 unspecified atom stereocenters. The third-order valence-electron chi connectivity index (χ3n) is 5.79. The van der Waals surface area contributed by atoms with Crippen LogP contribution in [0.1, 0.15) is 5.56 Å².